The van der Waals surface area contributed by atoms with Crippen LogP contribution in [0.15, 0.2) is 4.52 Å². The number of carboxylic acid groups (broad SMARTS) is 1. The molecule has 1 saturated carbocycles. The third kappa shape index (κ3) is 2.67. The number of imide groups is 2. The van der Waals surface area contributed by atoms with Gasteiger partial charge in [0, 0.05) is 6.54 Å². The summed E-state index contributed by atoms with van der Waals surface area (Å²) in [6.07, 6.45) is 1.44. The van der Waals surface area contributed by atoms with Crippen molar-refractivity contribution in [2.75, 3.05) is 6.54 Å². The van der Waals surface area contributed by atoms with Gasteiger partial charge in [-0.15, -0.1) is 0 Å². The maximum absolute atomic E-state index is 12.1. The maximum atomic E-state index is 12.1. The molecule has 1 aromatic heterocycles. The number of carbonyl (C=O) groups is 4. The molecule has 1 aliphatic carbocycles. The summed E-state index contributed by atoms with van der Waals surface area (Å²) < 4.78 is 4.79. The molecule has 4 amide bonds. The number of nitrogens with zero attached hydrogens (tertiary/aromatic N) is 4. The molecule has 0 atom stereocenters. The molecule has 0 spiro atoms. The van der Waals surface area contributed by atoms with Crippen LogP contribution in [-0.4, -0.2) is 55.4 Å². The highest BCUT2D eigenvalue weighted by atomic mass is 16.5. The number of carboxylic acids is 1. The Balaban J connectivity index is 1.69. The molecule has 1 aromatic rings. The lowest BCUT2D eigenvalue weighted by molar-refractivity contribution is -0.143. The first-order valence-corrected chi connectivity index (χ1v) is 6.66. The van der Waals surface area contributed by atoms with Crippen molar-refractivity contribution in [2.45, 2.75) is 25.8 Å². The normalized spacial score (nSPS) is 18.5. The highest BCUT2D eigenvalue weighted by Gasteiger charge is 2.46. The summed E-state index contributed by atoms with van der Waals surface area (Å²) >= 11 is 0. The molecule has 116 valence electrons. The Kier molecular flexibility index (Phi) is 3.35. The van der Waals surface area contributed by atoms with Crippen molar-refractivity contribution in [3.63, 3.8) is 0 Å². The van der Waals surface area contributed by atoms with Gasteiger partial charge in [-0.3, -0.25) is 19.3 Å². The summed E-state index contributed by atoms with van der Waals surface area (Å²) in [5.74, 6) is -2.83. The van der Waals surface area contributed by atoms with Gasteiger partial charge in [0.25, 0.3) is 0 Å². The van der Waals surface area contributed by atoms with E-state index in [4.69, 9.17) is 9.63 Å². The second kappa shape index (κ2) is 5.20. The Morgan fingerprint density at radius 3 is 2.55 bits per heavy atom. The maximum Gasteiger partial charge on any atom is 0.334 e. The predicted molar refractivity (Wildman–Crippen MR) is 66.0 cm³/mol. The molecule has 3 rings (SSSR count). The third-order valence-corrected chi connectivity index (χ3v) is 3.39. The van der Waals surface area contributed by atoms with Gasteiger partial charge in [0.1, 0.15) is 13.0 Å². The topological polar surface area (TPSA) is 134 Å². The van der Waals surface area contributed by atoms with Gasteiger partial charge in [0.15, 0.2) is 5.82 Å². The van der Waals surface area contributed by atoms with Gasteiger partial charge in [-0.1, -0.05) is 5.16 Å². The Morgan fingerprint density at radius 2 is 1.91 bits per heavy atom. The van der Waals surface area contributed by atoms with E-state index >= 15 is 0 Å². The van der Waals surface area contributed by atoms with E-state index < -0.39 is 30.2 Å². The fraction of sp³-hybridized carbons (Fsp3) is 0.500. The summed E-state index contributed by atoms with van der Waals surface area (Å²) in [4.78, 5) is 51.7. The first-order valence-electron chi connectivity index (χ1n) is 6.66. The first kappa shape index (κ1) is 14.2. The highest BCUT2D eigenvalue weighted by Crippen LogP contribution is 2.31. The summed E-state index contributed by atoms with van der Waals surface area (Å²) in [7, 11) is 0. The zero-order valence-electron chi connectivity index (χ0n) is 11.4. The lowest BCUT2D eigenvalue weighted by Crippen LogP contribution is -2.34. The zero-order chi connectivity index (χ0) is 15.9. The highest BCUT2D eigenvalue weighted by molar-refractivity contribution is 6.44. The van der Waals surface area contributed by atoms with E-state index in [0.717, 1.165) is 22.6 Å². The summed E-state index contributed by atoms with van der Waals surface area (Å²) in [5.41, 5.74) is 0. The van der Waals surface area contributed by atoms with E-state index in [1.54, 1.807) is 0 Å². The third-order valence-electron chi connectivity index (χ3n) is 3.39. The molecule has 0 aromatic carbocycles. The number of urea groups is 1. The van der Waals surface area contributed by atoms with Crippen molar-refractivity contribution in [3.05, 3.63) is 11.7 Å². The van der Waals surface area contributed by atoms with Crippen molar-refractivity contribution in [2.24, 2.45) is 5.92 Å². The minimum absolute atomic E-state index is 0.0669. The van der Waals surface area contributed by atoms with Crippen LogP contribution in [0.4, 0.5) is 4.79 Å². The predicted octanol–water partition coefficient (Wildman–Crippen LogP) is -0.603. The van der Waals surface area contributed by atoms with Crippen molar-refractivity contribution in [1.29, 1.82) is 0 Å². The largest absolute Gasteiger partial charge is 0.481 e. The van der Waals surface area contributed by atoms with E-state index in [9.17, 15) is 19.2 Å². The van der Waals surface area contributed by atoms with Gasteiger partial charge in [-0.05, 0) is 18.8 Å². The molecule has 10 nitrogen and oxygen atoms in total. The Labute approximate surface area is 123 Å². The van der Waals surface area contributed by atoms with E-state index in [-0.39, 0.29) is 30.7 Å². The second-order valence-corrected chi connectivity index (χ2v) is 5.21. The standard InChI is InChI=1S/C12H12N4O6/c17-9(18)3-7-13-8(22-14-7)5-16-11(20)10(19)15(12(16)21)4-6-1-2-6/h6H,1-5H2,(H,17,18). The van der Waals surface area contributed by atoms with Gasteiger partial charge < -0.3 is 9.63 Å². The molecule has 2 fully saturated rings. The molecule has 0 unspecified atom stereocenters. The average molecular weight is 308 g/mol. The summed E-state index contributed by atoms with van der Waals surface area (Å²) in [6, 6.07) is -0.708. The van der Waals surface area contributed by atoms with Crippen LogP contribution in [0.5, 0.6) is 0 Å². The zero-order valence-corrected chi connectivity index (χ0v) is 11.4. The van der Waals surface area contributed by atoms with Crippen LogP contribution in [0.3, 0.4) is 0 Å². The van der Waals surface area contributed by atoms with Gasteiger partial charge in [-0.25, -0.2) is 9.69 Å². The molecule has 1 saturated heterocycles. The molecule has 0 radical (unpaired) electrons. The Hall–Kier alpha value is -2.78. The summed E-state index contributed by atoms with van der Waals surface area (Å²) in [6.45, 7) is -0.106. The number of rotatable bonds is 6. The van der Waals surface area contributed by atoms with E-state index in [1.165, 1.54) is 0 Å². The second-order valence-electron chi connectivity index (χ2n) is 5.21. The molecule has 0 bridgehead atoms. The summed E-state index contributed by atoms with van der Waals surface area (Å²) in [5, 5.41) is 12.0. The number of aliphatic carboxylic acids is 1. The van der Waals surface area contributed by atoms with Gasteiger partial charge >= 0.3 is 23.8 Å². The fourth-order valence-corrected chi connectivity index (χ4v) is 2.11. The van der Waals surface area contributed by atoms with Gasteiger partial charge in [-0.2, -0.15) is 4.98 Å². The van der Waals surface area contributed by atoms with E-state index in [1.807, 2.05) is 0 Å². The van der Waals surface area contributed by atoms with Gasteiger partial charge in [0.05, 0.1) is 0 Å². The molecule has 1 N–H and O–H groups in total. The van der Waals surface area contributed by atoms with Gasteiger partial charge in [0.2, 0.25) is 5.89 Å². The van der Waals surface area contributed by atoms with Crippen LogP contribution in [0, 0.1) is 5.92 Å². The number of hydrogen-bond acceptors (Lipinski definition) is 7. The number of carbonyl (C=O) groups excluding carboxylic acids is 3. The monoisotopic (exact) mass is 308 g/mol. The van der Waals surface area contributed by atoms with Crippen LogP contribution >= 0.6 is 0 Å². The fourth-order valence-electron chi connectivity index (χ4n) is 2.11. The van der Waals surface area contributed by atoms with Crippen molar-refractivity contribution in [3.8, 4) is 0 Å². The average Bonchev–Trinajstić information content (AvgIpc) is 3.14. The van der Waals surface area contributed by atoms with Crippen LogP contribution in [0.1, 0.15) is 24.6 Å². The quantitative estimate of drug-likeness (QED) is 0.543. The lowest BCUT2D eigenvalue weighted by atomic mass is 10.4. The first-order chi connectivity index (χ1) is 10.5. The lowest BCUT2D eigenvalue weighted by Gasteiger charge is -2.13. The Morgan fingerprint density at radius 1 is 1.23 bits per heavy atom. The smallest absolute Gasteiger partial charge is 0.334 e. The molecular weight excluding hydrogens is 296 g/mol. The molecule has 2 heterocycles. The van der Waals surface area contributed by atoms with Crippen LogP contribution in [0.25, 0.3) is 0 Å². The van der Waals surface area contributed by atoms with Crippen LogP contribution in [-0.2, 0) is 27.3 Å². The minimum atomic E-state index is -1.13. The van der Waals surface area contributed by atoms with Crippen molar-refractivity contribution < 1.29 is 28.8 Å². The molecule has 2 aliphatic rings. The van der Waals surface area contributed by atoms with Crippen LogP contribution in [0.2, 0.25) is 0 Å². The molecule has 22 heavy (non-hydrogen) atoms. The van der Waals surface area contributed by atoms with E-state index in [0.29, 0.717) is 0 Å². The SMILES string of the molecule is O=C(O)Cc1noc(CN2C(=O)C(=O)N(CC3CC3)C2=O)n1. The number of hydrogen-bond donors (Lipinski definition) is 1. The Bertz CT molecular complexity index is 664. The van der Waals surface area contributed by atoms with Crippen molar-refractivity contribution >= 4 is 23.8 Å². The minimum Gasteiger partial charge on any atom is -0.481 e. The van der Waals surface area contributed by atoms with Crippen molar-refractivity contribution in [1.82, 2.24) is 19.9 Å². The molecular formula is C12H12N4O6. The molecule has 10 heteroatoms. The number of amides is 4. The van der Waals surface area contributed by atoms with Crippen LogP contribution < -0.4 is 0 Å². The molecule has 1 aliphatic heterocycles. The number of aromatic nitrogens is 2. The van der Waals surface area contributed by atoms with E-state index in [2.05, 4.69) is 10.1 Å².